The quantitative estimate of drug-likeness (QED) is 0.577. The molecule has 3 aromatic rings. The first kappa shape index (κ1) is 19.2. The predicted octanol–water partition coefficient (Wildman–Crippen LogP) is 4.25. The molecule has 0 aromatic heterocycles. The molecule has 0 fully saturated rings. The number of halogens is 1. The maximum atomic E-state index is 13.3. The second-order valence-corrected chi connectivity index (χ2v) is 8.07. The third-order valence-electron chi connectivity index (χ3n) is 4.01. The van der Waals surface area contributed by atoms with E-state index >= 15 is 0 Å². The van der Waals surface area contributed by atoms with Gasteiger partial charge >= 0.3 is 5.97 Å². The van der Waals surface area contributed by atoms with Gasteiger partial charge in [0.15, 0.2) is 0 Å². The van der Waals surface area contributed by atoms with Gasteiger partial charge in [0.1, 0.15) is 6.54 Å². The van der Waals surface area contributed by atoms with Crippen molar-refractivity contribution in [2.24, 2.45) is 0 Å². The molecule has 0 saturated heterocycles. The smallest absolute Gasteiger partial charge is 0.326 e. The van der Waals surface area contributed by atoms with Crippen molar-refractivity contribution in [2.45, 2.75) is 11.8 Å². The minimum atomic E-state index is -4.00. The van der Waals surface area contributed by atoms with Crippen molar-refractivity contribution in [3.05, 3.63) is 71.8 Å². The predicted molar refractivity (Wildman–Crippen MR) is 107 cm³/mol. The van der Waals surface area contributed by atoms with Crippen LogP contribution in [0.4, 0.5) is 5.69 Å². The Morgan fingerprint density at radius 3 is 2.37 bits per heavy atom. The standard InChI is InChI=1S/C20H18ClNO4S/c1-2-26-20(23)14-22(27(24,25)17-12-10-16(21)11-13-17)19-9-5-7-15-6-3-4-8-18(15)19/h3-13H,2,14H2,1H3. The van der Waals surface area contributed by atoms with Crippen LogP contribution in [0.25, 0.3) is 10.8 Å². The highest BCUT2D eigenvalue weighted by molar-refractivity contribution is 7.92. The summed E-state index contributed by atoms with van der Waals surface area (Å²) >= 11 is 5.88. The van der Waals surface area contributed by atoms with Crippen LogP contribution in [0.5, 0.6) is 0 Å². The van der Waals surface area contributed by atoms with Gasteiger partial charge in [0.05, 0.1) is 17.2 Å². The lowest BCUT2D eigenvalue weighted by Gasteiger charge is -2.25. The van der Waals surface area contributed by atoms with Gasteiger partial charge in [-0.15, -0.1) is 0 Å². The van der Waals surface area contributed by atoms with Gasteiger partial charge in [-0.1, -0.05) is 48.0 Å². The summed E-state index contributed by atoms with van der Waals surface area (Å²) in [4.78, 5) is 12.2. The lowest BCUT2D eigenvalue weighted by molar-refractivity contribution is -0.141. The zero-order chi connectivity index (χ0) is 19.4. The molecule has 0 bridgehead atoms. The van der Waals surface area contributed by atoms with Crippen molar-refractivity contribution in [2.75, 3.05) is 17.5 Å². The Morgan fingerprint density at radius 2 is 1.67 bits per heavy atom. The summed E-state index contributed by atoms with van der Waals surface area (Å²) in [5.74, 6) is -0.622. The number of ether oxygens (including phenoxy) is 1. The van der Waals surface area contributed by atoms with Gasteiger partial charge in [-0.2, -0.15) is 0 Å². The molecule has 0 N–H and O–H groups in total. The number of carbonyl (C=O) groups is 1. The number of esters is 1. The molecular formula is C20H18ClNO4S. The Balaban J connectivity index is 2.16. The first-order valence-corrected chi connectivity index (χ1v) is 10.2. The molecule has 0 radical (unpaired) electrons. The van der Waals surface area contributed by atoms with Crippen molar-refractivity contribution < 1.29 is 17.9 Å². The minimum absolute atomic E-state index is 0.0455. The van der Waals surface area contributed by atoms with Crippen molar-refractivity contribution in [1.29, 1.82) is 0 Å². The van der Waals surface area contributed by atoms with Crippen LogP contribution < -0.4 is 4.31 Å². The summed E-state index contributed by atoms with van der Waals surface area (Å²) in [6.45, 7) is 1.42. The van der Waals surface area contributed by atoms with Gasteiger partial charge in [0.25, 0.3) is 10.0 Å². The Bertz CT molecular complexity index is 1060. The maximum Gasteiger partial charge on any atom is 0.326 e. The van der Waals surface area contributed by atoms with Gasteiger partial charge < -0.3 is 4.74 Å². The van der Waals surface area contributed by atoms with Crippen LogP contribution in [0.3, 0.4) is 0 Å². The molecule has 0 saturated carbocycles. The number of hydrogen-bond acceptors (Lipinski definition) is 4. The fourth-order valence-electron chi connectivity index (χ4n) is 2.78. The molecule has 3 aromatic carbocycles. The van der Waals surface area contributed by atoms with E-state index in [0.717, 1.165) is 15.1 Å². The summed E-state index contributed by atoms with van der Waals surface area (Å²) in [6.07, 6.45) is 0. The average molecular weight is 404 g/mol. The molecule has 0 amide bonds. The van der Waals surface area contributed by atoms with E-state index in [9.17, 15) is 13.2 Å². The highest BCUT2D eigenvalue weighted by Crippen LogP contribution is 2.31. The number of nitrogens with zero attached hydrogens (tertiary/aromatic N) is 1. The fraction of sp³-hybridized carbons (Fsp3) is 0.150. The van der Waals surface area contributed by atoms with Crippen LogP contribution in [0.1, 0.15) is 6.92 Å². The van der Waals surface area contributed by atoms with Crippen molar-refractivity contribution in [3.63, 3.8) is 0 Å². The highest BCUT2D eigenvalue weighted by atomic mass is 35.5. The number of sulfonamides is 1. The molecule has 0 aliphatic rings. The summed E-state index contributed by atoms with van der Waals surface area (Å²) < 4.78 is 32.7. The van der Waals surface area contributed by atoms with Crippen molar-refractivity contribution >= 4 is 44.1 Å². The first-order valence-electron chi connectivity index (χ1n) is 8.35. The normalized spacial score (nSPS) is 11.3. The zero-order valence-electron chi connectivity index (χ0n) is 14.6. The van der Waals surface area contributed by atoms with E-state index in [1.54, 1.807) is 19.1 Å². The van der Waals surface area contributed by atoms with E-state index in [1.165, 1.54) is 24.3 Å². The van der Waals surface area contributed by atoms with Gasteiger partial charge in [0.2, 0.25) is 0 Å². The molecule has 3 rings (SSSR count). The van der Waals surface area contributed by atoms with E-state index in [4.69, 9.17) is 16.3 Å². The molecule has 5 nitrogen and oxygen atoms in total. The topological polar surface area (TPSA) is 63.7 Å². The lowest BCUT2D eigenvalue weighted by Crippen LogP contribution is -2.36. The van der Waals surface area contributed by atoms with Gasteiger partial charge in [-0.3, -0.25) is 9.10 Å². The van der Waals surface area contributed by atoms with Crippen LogP contribution >= 0.6 is 11.6 Å². The summed E-state index contributed by atoms with van der Waals surface area (Å²) in [7, 11) is -4.00. The number of rotatable bonds is 6. The van der Waals surface area contributed by atoms with Gasteiger partial charge in [-0.05, 0) is 42.6 Å². The molecule has 0 unspecified atom stereocenters. The maximum absolute atomic E-state index is 13.3. The molecule has 7 heteroatoms. The average Bonchev–Trinajstić information content (AvgIpc) is 2.66. The first-order chi connectivity index (χ1) is 12.9. The zero-order valence-corrected chi connectivity index (χ0v) is 16.2. The second-order valence-electron chi connectivity index (χ2n) is 5.77. The van der Waals surface area contributed by atoms with Crippen LogP contribution in [0.2, 0.25) is 5.02 Å². The van der Waals surface area contributed by atoms with Crippen molar-refractivity contribution in [3.8, 4) is 0 Å². The van der Waals surface area contributed by atoms with Crippen LogP contribution in [0.15, 0.2) is 71.6 Å². The number of carbonyl (C=O) groups excluding carboxylic acids is 1. The highest BCUT2D eigenvalue weighted by Gasteiger charge is 2.28. The van der Waals surface area contributed by atoms with E-state index in [2.05, 4.69) is 0 Å². The fourth-order valence-corrected chi connectivity index (χ4v) is 4.34. The number of fused-ring (bicyclic) bond motifs is 1. The molecule has 0 atom stereocenters. The number of anilines is 1. The largest absolute Gasteiger partial charge is 0.465 e. The van der Waals surface area contributed by atoms with E-state index in [1.807, 2.05) is 30.3 Å². The molecule has 0 spiro atoms. The van der Waals surface area contributed by atoms with E-state index < -0.39 is 22.5 Å². The monoisotopic (exact) mass is 403 g/mol. The Labute approximate surface area is 163 Å². The minimum Gasteiger partial charge on any atom is -0.465 e. The van der Waals surface area contributed by atoms with Crippen molar-refractivity contribution in [1.82, 2.24) is 0 Å². The molecule has 0 aliphatic carbocycles. The third-order valence-corrected chi connectivity index (χ3v) is 6.04. The second kappa shape index (κ2) is 7.98. The molecule has 0 heterocycles. The molecule has 0 aliphatic heterocycles. The van der Waals surface area contributed by atoms with Crippen LogP contribution in [0, 0.1) is 0 Å². The third kappa shape index (κ3) is 4.07. The van der Waals surface area contributed by atoms with E-state index in [0.29, 0.717) is 10.7 Å². The van der Waals surface area contributed by atoms with Crippen LogP contribution in [-0.4, -0.2) is 27.5 Å². The van der Waals surface area contributed by atoms with Crippen LogP contribution in [-0.2, 0) is 19.6 Å². The summed E-state index contributed by atoms with van der Waals surface area (Å²) in [5, 5.41) is 2.02. The SMILES string of the molecule is CCOC(=O)CN(c1cccc2ccccc12)S(=O)(=O)c1ccc(Cl)cc1. The van der Waals surface area contributed by atoms with Gasteiger partial charge in [0, 0.05) is 10.4 Å². The number of hydrogen-bond donors (Lipinski definition) is 0. The Morgan fingerprint density at radius 1 is 1.00 bits per heavy atom. The lowest BCUT2D eigenvalue weighted by atomic mass is 10.1. The molecule has 140 valence electrons. The Kier molecular flexibility index (Phi) is 5.68. The Hall–Kier alpha value is -2.57. The molecule has 27 heavy (non-hydrogen) atoms. The van der Waals surface area contributed by atoms with Gasteiger partial charge in [-0.25, -0.2) is 8.42 Å². The van der Waals surface area contributed by atoms with E-state index in [-0.39, 0.29) is 11.5 Å². The summed E-state index contributed by atoms with van der Waals surface area (Å²) in [6, 6.07) is 18.6. The molecular weight excluding hydrogens is 386 g/mol. The number of benzene rings is 3. The summed E-state index contributed by atoms with van der Waals surface area (Å²) in [5.41, 5.74) is 0.413.